The first kappa shape index (κ1) is 19.2. The van der Waals surface area contributed by atoms with Gasteiger partial charge >= 0.3 is 0 Å². The quantitative estimate of drug-likeness (QED) is 0.734. The Morgan fingerprint density at radius 3 is 2.52 bits per heavy atom. The number of carbonyl (C=O) groups excluding carboxylic acids is 1. The molecule has 0 saturated carbocycles. The molecule has 3 N–H and O–H groups in total. The average molecular weight is 393 g/mol. The van der Waals surface area contributed by atoms with E-state index >= 15 is 0 Å². The zero-order chi connectivity index (χ0) is 19.6. The molecule has 0 spiro atoms. The summed E-state index contributed by atoms with van der Waals surface area (Å²) < 4.78 is 38.3. The highest BCUT2D eigenvalue weighted by Gasteiger charge is 2.25. The van der Waals surface area contributed by atoms with E-state index in [0.29, 0.717) is 25.9 Å². The Balaban J connectivity index is 1.69. The highest BCUT2D eigenvalue weighted by molar-refractivity contribution is 7.88. The smallest absolute Gasteiger partial charge is 0.224 e. The summed E-state index contributed by atoms with van der Waals surface area (Å²) in [4.78, 5) is 20.6. The number of nitrogens with two attached hydrogens (primary N) is 1. The van der Waals surface area contributed by atoms with Gasteiger partial charge in [-0.1, -0.05) is 12.1 Å². The number of nitrogens with one attached hydrogen (secondary N) is 1. The van der Waals surface area contributed by atoms with Crippen molar-refractivity contribution in [2.75, 3.05) is 30.4 Å². The Morgan fingerprint density at radius 2 is 1.93 bits per heavy atom. The van der Waals surface area contributed by atoms with Crippen molar-refractivity contribution >= 4 is 27.6 Å². The van der Waals surface area contributed by atoms with Gasteiger partial charge in [-0.25, -0.2) is 22.1 Å². The van der Waals surface area contributed by atoms with E-state index in [1.807, 2.05) is 0 Å². The number of carbonyl (C=O) groups is 1. The summed E-state index contributed by atoms with van der Waals surface area (Å²) in [5.74, 6) is -1.02. The normalized spacial score (nSPS) is 16.2. The molecule has 8 nitrogen and oxygen atoms in total. The van der Waals surface area contributed by atoms with Crippen LogP contribution in [0.3, 0.4) is 0 Å². The maximum atomic E-state index is 13.8. The summed E-state index contributed by atoms with van der Waals surface area (Å²) in [5, 5.41) is 3.10. The maximum Gasteiger partial charge on any atom is 0.224 e. The van der Waals surface area contributed by atoms with Gasteiger partial charge in [0, 0.05) is 25.3 Å². The fourth-order valence-corrected chi connectivity index (χ4v) is 3.82. The van der Waals surface area contributed by atoms with Gasteiger partial charge in [0.2, 0.25) is 21.8 Å². The van der Waals surface area contributed by atoms with Crippen molar-refractivity contribution in [1.29, 1.82) is 0 Å². The molecule has 1 aromatic carbocycles. The molecule has 0 radical (unpaired) electrons. The van der Waals surface area contributed by atoms with Crippen molar-refractivity contribution in [2.45, 2.75) is 18.9 Å². The summed E-state index contributed by atoms with van der Waals surface area (Å²) in [6.07, 6.45) is 3.67. The number of halogens is 1. The number of hydrogen-bond acceptors (Lipinski definition) is 7. The number of aromatic nitrogens is 2. The third kappa shape index (κ3) is 4.40. The number of anilines is 2. The standard InChI is InChI=1S/C17H20FN5O3S/c1-27(25,26)23-8-6-11(7-9-23)21-17-20-10-13(16(19)22-17)15(24)12-4-2-3-5-14(12)18/h2-5,10-11H,6-9H2,1H3,(H3,19,20,21,22). The van der Waals surface area contributed by atoms with Crippen molar-refractivity contribution in [1.82, 2.24) is 14.3 Å². The van der Waals surface area contributed by atoms with Crippen LogP contribution in [0.15, 0.2) is 30.5 Å². The van der Waals surface area contributed by atoms with Crippen LogP contribution < -0.4 is 11.1 Å². The van der Waals surface area contributed by atoms with E-state index in [1.165, 1.54) is 35.0 Å². The molecule has 1 saturated heterocycles. The van der Waals surface area contributed by atoms with Crippen molar-refractivity contribution in [3.05, 3.63) is 47.4 Å². The highest BCUT2D eigenvalue weighted by atomic mass is 32.2. The van der Waals surface area contributed by atoms with Gasteiger partial charge in [0.05, 0.1) is 17.4 Å². The molecule has 27 heavy (non-hydrogen) atoms. The number of benzene rings is 1. The molecular weight excluding hydrogens is 373 g/mol. The number of piperidine rings is 1. The summed E-state index contributed by atoms with van der Waals surface area (Å²) >= 11 is 0. The number of hydrogen-bond donors (Lipinski definition) is 2. The molecule has 2 aromatic rings. The van der Waals surface area contributed by atoms with Crippen molar-refractivity contribution in [2.24, 2.45) is 0 Å². The molecule has 0 bridgehead atoms. The Bertz CT molecular complexity index is 959. The zero-order valence-electron chi connectivity index (χ0n) is 14.7. The Morgan fingerprint density at radius 1 is 1.26 bits per heavy atom. The molecule has 0 atom stereocenters. The molecular formula is C17H20FN5O3S. The van der Waals surface area contributed by atoms with Gasteiger partial charge in [-0.05, 0) is 25.0 Å². The van der Waals surface area contributed by atoms with Crippen LogP contribution in [0.5, 0.6) is 0 Å². The summed E-state index contributed by atoms with van der Waals surface area (Å²) in [6.45, 7) is 0.825. The summed E-state index contributed by atoms with van der Waals surface area (Å²) in [6, 6.07) is 5.62. The van der Waals surface area contributed by atoms with Gasteiger partial charge in [0.15, 0.2) is 0 Å². The molecule has 2 heterocycles. The minimum Gasteiger partial charge on any atom is -0.383 e. The lowest BCUT2D eigenvalue weighted by Gasteiger charge is -2.30. The second-order valence-corrected chi connectivity index (χ2v) is 8.36. The van der Waals surface area contributed by atoms with E-state index in [-0.39, 0.29) is 28.9 Å². The number of rotatable bonds is 5. The van der Waals surface area contributed by atoms with E-state index in [9.17, 15) is 17.6 Å². The van der Waals surface area contributed by atoms with Gasteiger partial charge in [-0.3, -0.25) is 4.79 Å². The lowest BCUT2D eigenvalue weighted by Crippen LogP contribution is -2.42. The average Bonchev–Trinajstić information content (AvgIpc) is 2.61. The van der Waals surface area contributed by atoms with E-state index in [4.69, 9.17) is 5.73 Å². The van der Waals surface area contributed by atoms with Crippen LogP contribution in [0.1, 0.15) is 28.8 Å². The highest BCUT2D eigenvalue weighted by Crippen LogP contribution is 2.20. The first-order chi connectivity index (χ1) is 12.8. The molecule has 144 valence electrons. The Kier molecular flexibility index (Phi) is 5.38. The van der Waals surface area contributed by atoms with E-state index in [1.54, 1.807) is 6.07 Å². The molecule has 0 unspecified atom stereocenters. The van der Waals surface area contributed by atoms with E-state index in [0.717, 1.165) is 0 Å². The number of ketones is 1. The predicted octanol–water partition coefficient (Wildman–Crippen LogP) is 1.26. The summed E-state index contributed by atoms with van der Waals surface area (Å²) in [5.41, 5.74) is 5.80. The van der Waals surface area contributed by atoms with Crippen LogP contribution >= 0.6 is 0 Å². The van der Waals surface area contributed by atoms with Crippen LogP contribution in [-0.2, 0) is 10.0 Å². The molecule has 1 aliphatic heterocycles. The van der Waals surface area contributed by atoms with Crippen molar-refractivity contribution < 1.29 is 17.6 Å². The van der Waals surface area contributed by atoms with Gasteiger partial charge in [0.1, 0.15) is 11.6 Å². The predicted molar refractivity (Wildman–Crippen MR) is 99.3 cm³/mol. The summed E-state index contributed by atoms with van der Waals surface area (Å²) in [7, 11) is -3.19. The fraction of sp³-hybridized carbons (Fsp3) is 0.353. The zero-order valence-corrected chi connectivity index (χ0v) is 15.5. The first-order valence-corrected chi connectivity index (χ1v) is 10.2. The van der Waals surface area contributed by atoms with Crippen molar-refractivity contribution in [3.8, 4) is 0 Å². The van der Waals surface area contributed by atoms with Crippen LogP contribution in [-0.4, -0.2) is 53.9 Å². The number of sulfonamides is 1. The largest absolute Gasteiger partial charge is 0.383 e. The number of nitrogens with zero attached hydrogens (tertiary/aromatic N) is 3. The lowest BCUT2D eigenvalue weighted by molar-refractivity contribution is 0.103. The minimum atomic E-state index is -3.19. The molecule has 3 rings (SSSR count). The lowest BCUT2D eigenvalue weighted by atomic mass is 10.0. The van der Waals surface area contributed by atoms with Crippen LogP contribution in [0, 0.1) is 5.82 Å². The first-order valence-electron chi connectivity index (χ1n) is 8.39. The van der Waals surface area contributed by atoms with Gasteiger partial charge < -0.3 is 11.1 Å². The molecule has 1 aliphatic rings. The maximum absolute atomic E-state index is 13.8. The van der Waals surface area contributed by atoms with Crippen molar-refractivity contribution in [3.63, 3.8) is 0 Å². The molecule has 1 aromatic heterocycles. The Hall–Kier alpha value is -2.59. The third-order valence-electron chi connectivity index (χ3n) is 4.44. The second-order valence-electron chi connectivity index (χ2n) is 6.38. The molecule has 10 heteroatoms. The van der Waals surface area contributed by atoms with E-state index in [2.05, 4.69) is 15.3 Å². The van der Waals surface area contributed by atoms with E-state index < -0.39 is 21.6 Å². The number of nitrogen functional groups attached to an aromatic ring is 1. The second kappa shape index (κ2) is 7.57. The SMILES string of the molecule is CS(=O)(=O)N1CCC(Nc2ncc(C(=O)c3ccccc3F)c(N)n2)CC1. The monoisotopic (exact) mass is 393 g/mol. The molecule has 1 fully saturated rings. The van der Waals surface area contributed by atoms with Crippen LogP contribution in [0.25, 0.3) is 0 Å². The van der Waals surface area contributed by atoms with Crippen LogP contribution in [0.2, 0.25) is 0 Å². The van der Waals surface area contributed by atoms with Gasteiger partial charge in [-0.2, -0.15) is 4.98 Å². The fourth-order valence-electron chi connectivity index (χ4n) is 2.94. The molecule has 0 amide bonds. The van der Waals surface area contributed by atoms with Gasteiger partial charge in [0.25, 0.3) is 0 Å². The minimum absolute atomic E-state index is 0.00415. The topological polar surface area (TPSA) is 118 Å². The third-order valence-corrected chi connectivity index (χ3v) is 5.74. The Labute approximate surface area is 156 Å². The van der Waals surface area contributed by atoms with Gasteiger partial charge in [-0.15, -0.1) is 0 Å². The van der Waals surface area contributed by atoms with Crippen LogP contribution in [0.4, 0.5) is 16.2 Å². The molecule has 0 aliphatic carbocycles.